The Morgan fingerprint density at radius 1 is 0.673 bits per heavy atom. The molecule has 0 unspecified atom stereocenters. The second-order valence-electron chi connectivity index (χ2n) is 13.7. The first-order valence-electron chi connectivity index (χ1n) is 19.4. The molecule has 1 radical (unpaired) electrons. The molecule has 5 aromatic carbocycles. The van der Waals surface area contributed by atoms with Crippen LogP contribution in [0.2, 0.25) is 19.6 Å². The molecule has 2 nitrogen and oxygen atoms in total. The molecule has 0 saturated carbocycles. The van der Waals surface area contributed by atoms with Gasteiger partial charge in [-0.05, 0) is 81.1 Å². The van der Waals surface area contributed by atoms with Gasteiger partial charge in [0.25, 0.3) is 0 Å². The molecule has 0 saturated heterocycles. The van der Waals surface area contributed by atoms with Crippen molar-refractivity contribution in [2.45, 2.75) is 45.2 Å². The largest absolute Gasteiger partial charge is 0.305 e. The van der Waals surface area contributed by atoms with Gasteiger partial charge in [-0.1, -0.05) is 121 Å². The Morgan fingerprint density at radius 3 is 2.10 bits per heavy atom. The Bertz CT molecular complexity index is 2640. The number of hydrogen-bond acceptors (Lipinski definition) is 3. The molecule has 0 aliphatic heterocycles. The average Bonchev–Trinajstić information content (AvgIpc) is 3.58. The second kappa shape index (κ2) is 15.6. The number of hydrogen-bond donors (Lipinski definition) is 0. The van der Waals surface area contributed by atoms with Crippen LogP contribution in [0.5, 0.6) is 0 Å². The molecule has 0 amide bonds. The summed E-state index contributed by atoms with van der Waals surface area (Å²) in [6.45, 7) is 7.02. The van der Waals surface area contributed by atoms with Gasteiger partial charge in [0.1, 0.15) is 0 Å². The number of nitrogens with zero attached hydrogens (tertiary/aromatic N) is 2. The third-order valence-electron chi connectivity index (χ3n) is 9.28. The Kier molecular flexibility index (Phi) is 9.32. The van der Waals surface area contributed by atoms with Crippen LogP contribution in [0.1, 0.15) is 29.5 Å². The van der Waals surface area contributed by atoms with Crippen LogP contribution in [0.25, 0.3) is 64.9 Å². The Balaban J connectivity index is 0.000000183. The molecule has 5 heteroatoms. The fraction of sp³-hybridized carbons (Fsp3) is 0.149. The minimum absolute atomic E-state index is 0. The van der Waals surface area contributed by atoms with Gasteiger partial charge in [-0.15, -0.1) is 59.2 Å². The third-order valence-corrected chi connectivity index (χ3v) is 12.5. The van der Waals surface area contributed by atoms with Gasteiger partial charge in [0.05, 0.1) is 8.07 Å². The molecule has 0 spiro atoms. The van der Waals surface area contributed by atoms with Crippen LogP contribution in [-0.2, 0) is 32.9 Å². The SMILES string of the molecule is C[Si](C)(C)c1ccc(-c2[c-]ccc(-c3ccccc3)c2)nc1.[2H]C1([2H])CCC([2H])([2H])c2c1ccnc2-c1[c-]ccc2c1sc1cc(-c3ccccc3)ccc12.[Ir]. The number of rotatable bonds is 5. The van der Waals surface area contributed by atoms with Crippen molar-refractivity contribution < 1.29 is 25.6 Å². The summed E-state index contributed by atoms with van der Waals surface area (Å²) >= 11 is 1.66. The fourth-order valence-electron chi connectivity index (χ4n) is 6.51. The summed E-state index contributed by atoms with van der Waals surface area (Å²) < 4.78 is 36.4. The van der Waals surface area contributed by atoms with Gasteiger partial charge in [-0.3, -0.25) is 0 Å². The van der Waals surface area contributed by atoms with Crippen LogP contribution >= 0.6 is 11.3 Å². The quantitative estimate of drug-likeness (QED) is 0.127. The zero-order valence-corrected chi connectivity index (χ0v) is 33.5. The van der Waals surface area contributed by atoms with Gasteiger partial charge in [-0.2, -0.15) is 11.3 Å². The van der Waals surface area contributed by atoms with Crippen molar-refractivity contribution in [3.8, 4) is 44.8 Å². The van der Waals surface area contributed by atoms with E-state index in [1.165, 1.54) is 16.3 Å². The van der Waals surface area contributed by atoms with E-state index in [4.69, 9.17) is 5.48 Å². The average molecular weight is 889 g/mol. The molecular weight excluding hydrogens is 845 g/mol. The van der Waals surface area contributed by atoms with Gasteiger partial charge >= 0.3 is 0 Å². The fourth-order valence-corrected chi connectivity index (χ4v) is 8.79. The van der Waals surface area contributed by atoms with Gasteiger partial charge in [0.2, 0.25) is 0 Å². The Labute approximate surface area is 331 Å². The minimum atomic E-state index is -1.64. The van der Waals surface area contributed by atoms with E-state index >= 15 is 0 Å². The van der Waals surface area contributed by atoms with Crippen molar-refractivity contribution in [1.82, 2.24) is 9.97 Å². The van der Waals surface area contributed by atoms with Crippen molar-refractivity contribution in [3.05, 3.63) is 163 Å². The molecule has 3 heterocycles. The van der Waals surface area contributed by atoms with Crippen LogP contribution in [0.4, 0.5) is 0 Å². The van der Waals surface area contributed by atoms with E-state index in [0.717, 1.165) is 48.1 Å². The first-order valence-corrected chi connectivity index (χ1v) is 21.7. The molecule has 0 bridgehead atoms. The van der Waals surface area contributed by atoms with Gasteiger partial charge in [0, 0.05) is 42.7 Å². The summed E-state index contributed by atoms with van der Waals surface area (Å²) in [6, 6.07) is 49.9. The van der Waals surface area contributed by atoms with Crippen LogP contribution in [0.15, 0.2) is 140 Å². The Hall–Kier alpha value is -4.51. The van der Waals surface area contributed by atoms with Crippen molar-refractivity contribution >= 4 is 44.8 Å². The number of pyridine rings is 2. The van der Waals surface area contributed by atoms with Crippen LogP contribution < -0.4 is 5.19 Å². The van der Waals surface area contributed by atoms with Crippen molar-refractivity contribution in [3.63, 3.8) is 0 Å². The predicted octanol–water partition coefficient (Wildman–Crippen LogP) is 12.2. The molecule has 52 heavy (non-hydrogen) atoms. The van der Waals surface area contributed by atoms with Gasteiger partial charge in [-0.25, -0.2) is 0 Å². The molecular formula is C47H40IrN2SSi-2. The molecule has 259 valence electrons. The van der Waals surface area contributed by atoms with E-state index < -0.39 is 20.8 Å². The number of aromatic nitrogens is 2. The van der Waals surface area contributed by atoms with Crippen LogP contribution in [0.3, 0.4) is 0 Å². The maximum absolute atomic E-state index is 8.66. The molecule has 3 aromatic heterocycles. The van der Waals surface area contributed by atoms with E-state index in [1.54, 1.807) is 23.6 Å². The topological polar surface area (TPSA) is 25.8 Å². The predicted molar refractivity (Wildman–Crippen MR) is 220 cm³/mol. The molecule has 8 aromatic rings. The first kappa shape index (κ1) is 31.1. The summed E-state index contributed by atoms with van der Waals surface area (Å²) in [5, 5.41) is 3.62. The second-order valence-corrected chi connectivity index (χ2v) is 19.9. The van der Waals surface area contributed by atoms with Gasteiger partial charge in [0.15, 0.2) is 0 Å². The van der Waals surface area contributed by atoms with Crippen molar-refractivity contribution in [1.29, 1.82) is 0 Å². The van der Waals surface area contributed by atoms with E-state index in [1.807, 2.05) is 48.7 Å². The minimum Gasteiger partial charge on any atom is -0.305 e. The van der Waals surface area contributed by atoms with Crippen LogP contribution in [-0.4, -0.2) is 18.0 Å². The van der Waals surface area contributed by atoms with Crippen LogP contribution in [0, 0.1) is 12.1 Å². The maximum atomic E-state index is 8.66. The summed E-state index contributed by atoms with van der Waals surface area (Å²) in [4.78, 5) is 9.23. The summed E-state index contributed by atoms with van der Waals surface area (Å²) in [5.74, 6) is 0. The molecule has 0 atom stereocenters. The number of aryl methyl sites for hydroxylation is 1. The van der Waals surface area contributed by atoms with Gasteiger partial charge < -0.3 is 9.97 Å². The number of benzene rings is 5. The molecule has 1 aliphatic rings. The van der Waals surface area contributed by atoms with E-state index in [2.05, 4.69) is 121 Å². The summed E-state index contributed by atoms with van der Waals surface area (Å²) in [5.41, 5.74) is 8.78. The zero-order chi connectivity index (χ0) is 38.4. The van der Waals surface area contributed by atoms with Crippen molar-refractivity contribution in [2.75, 3.05) is 0 Å². The molecule has 0 fully saturated rings. The third kappa shape index (κ3) is 7.51. The zero-order valence-electron chi connectivity index (χ0n) is 33.3. The molecule has 9 rings (SSSR count). The standard InChI is InChI=1S/C27H20NS.C20H20NSi.Ir/c1-2-7-18(8-3-1)20-13-14-22-23-11-6-12-24(27(23)29-25(22)17-20)26-21-10-5-4-9-19(21)15-16-28-26;1-22(2,3)19-12-13-20(21-15-19)18-11-7-10-17(14-18)16-8-5-4-6-9-16;/h1-3,6-8,11,13-17H,4-5,9-10H2;4-10,12-15H,1-3H3;/q2*-1;/i9D2,10D2;;. The van der Waals surface area contributed by atoms with E-state index in [0.29, 0.717) is 16.8 Å². The number of thiophene rings is 1. The monoisotopic (exact) mass is 889 g/mol. The normalized spacial score (nSPS) is 15.5. The summed E-state index contributed by atoms with van der Waals surface area (Å²) in [6.07, 6.45) is 0.713. The molecule has 1 aliphatic carbocycles. The van der Waals surface area contributed by atoms with E-state index in [-0.39, 0.29) is 32.9 Å². The van der Waals surface area contributed by atoms with Crippen molar-refractivity contribution in [2.24, 2.45) is 0 Å². The smallest absolute Gasteiger partial charge is 0.0795 e. The number of fused-ring (bicyclic) bond motifs is 4. The Morgan fingerprint density at radius 2 is 1.38 bits per heavy atom. The summed E-state index contributed by atoms with van der Waals surface area (Å²) in [7, 11) is -1.29. The van der Waals surface area contributed by atoms with E-state index in [9.17, 15) is 0 Å². The maximum Gasteiger partial charge on any atom is 0.0795 e. The molecule has 0 N–H and O–H groups in total. The first-order chi connectivity index (χ1) is 26.4.